The average molecular weight is 374 g/mol. The zero-order chi connectivity index (χ0) is 15.3. The third kappa shape index (κ3) is 3.94. The van der Waals surface area contributed by atoms with E-state index in [1.54, 1.807) is 37.4 Å². The first-order chi connectivity index (χ1) is 10.1. The minimum Gasteiger partial charge on any atom is -0.472 e. The van der Waals surface area contributed by atoms with E-state index in [1.165, 1.54) is 16.8 Å². The summed E-state index contributed by atoms with van der Waals surface area (Å²) < 4.78 is 37.5. The van der Waals surface area contributed by atoms with E-state index in [9.17, 15) is 8.42 Å². The maximum absolute atomic E-state index is 12.8. The topological polar surface area (TPSA) is 59.8 Å². The molecule has 0 aliphatic rings. The summed E-state index contributed by atoms with van der Waals surface area (Å²) in [4.78, 5) is 0.240. The Hall–Kier alpha value is -1.15. The van der Waals surface area contributed by atoms with E-state index in [1.807, 2.05) is 0 Å². The van der Waals surface area contributed by atoms with E-state index in [4.69, 9.17) is 9.15 Å². The highest BCUT2D eigenvalue weighted by atomic mass is 79.9. The third-order valence-corrected chi connectivity index (χ3v) is 5.80. The van der Waals surface area contributed by atoms with Gasteiger partial charge in [-0.15, -0.1) is 0 Å². The van der Waals surface area contributed by atoms with E-state index in [0.29, 0.717) is 11.1 Å². The SMILES string of the molecule is COCCN(Cc1ccoc1)S(=O)(=O)c1ccccc1Br. The van der Waals surface area contributed by atoms with Crippen molar-refractivity contribution in [3.63, 3.8) is 0 Å². The Morgan fingerprint density at radius 1 is 1.29 bits per heavy atom. The molecule has 0 N–H and O–H groups in total. The molecular formula is C14H16BrNO4S. The first-order valence-corrected chi connectivity index (χ1v) is 8.53. The smallest absolute Gasteiger partial charge is 0.244 e. The van der Waals surface area contributed by atoms with Crippen molar-refractivity contribution >= 4 is 26.0 Å². The van der Waals surface area contributed by atoms with E-state index < -0.39 is 10.0 Å². The van der Waals surface area contributed by atoms with Crippen molar-refractivity contribution < 1.29 is 17.6 Å². The second-order valence-corrected chi connectivity index (χ2v) is 7.15. The molecule has 1 aromatic heterocycles. The van der Waals surface area contributed by atoms with Crippen LogP contribution in [0.1, 0.15) is 5.56 Å². The van der Waals surface area contributed by atoms with Crippen LogP contribution in [-0.2, 0) is 21.3 Å². The molecule has 0 radical (unpaired) electrons. The van der Waals surface area contributed by atoms with Crippen molar-refractivity contribution in [1.82, 2.24) is 4.31 Å². The van der Waals surface area contributed by atoms with Gasteiger partial charge in [-0.1, -0.05) is 12.1 Å². The zero-order valence-electron chi connectivity index (χ0n) is 11.5. The van der Waals surface area contributed by atoms with E-state index in [2.05, 4.69) is 15.9 Å². The number of nitrogens with zero attached hydrogens (tertiary/aromatic N) is 1. The van der Waals surface area contributed by atoms with Crippen molar-refractivity contribution in [1.29, 1.82) is 0 Å². The minimum absolute atomic E-state index is 0.240. The van der Waals surface area contributed by atoms with Gasteiger partial charge in [0.15, 0.2) is 0 Å². The van der Waals surface area contributed by atoms with Crippen molar-refractivity contribution in [3.05, 3.63) is 52.9 Å². The van der Waals surface area contributed by atoms with Crippen LogP contribution in [0.5, 0.6) is 0 Å². The van der Waals surface area contributed by atoms with Crippen molar-refractivity contribution in [2.45, 2.75) is 11.4 Å². The molecule has 1 aromatic carbocycles. The first kappa shape index (κ1) is 16.2. The molecule has 0 unspecified atom stereocenters. The van der Waals surface area contributed by atoms with Gasteiger partial charge in [-0.2, -0.15) is 4.31 Å². The summed E-state index contributed by atoms with van der Waals surface area (Å²) in [5.41, 5.74) is 0.793. The van der Waals surface area contributed by atoms with Crippen LogP contribution in [-0.4, -0.2) is 33.0 Å². The van der Waals surface area contributed by atoms with Crippen LogP contribution in [0.2, 0.25) is 0 Å². The predicted molar refractivity (Wildman–Crippen MR) is 82.3 cm³/mol. The number of ether oxygens (including phenoxy) is 1. The van der Waals surface area contributed by atoms with Gasteiger partial charge >= 0.3 is 0 Å². The summed E-state index contributed by atoms with van der Waals surface area (Å²) >= 11 is 3.29. The summed E-state index contributed by atoms with van der Waals surface area (Å²) in [6, 6.07) is 8.51. The highest BCUT2D eigenvalue weighted by Crippen LogP contribution is 2.25. The Bertz CT molecular complexity index is 670. The summed E-state index contributed by atoms with van der Waals surface area (Å²) in [6.45, 7) is 0.830. The standard InChI is InChI=1S/C14H16BrNO4S/c1-19-9-7-16(10-12-6-8-20-11-12)21(17,18)14-5-3-2-4-13(14)15/h2-6,8,11H,7,9-10H2,1H3. The molecule has 2 rings (SSSR count). The second-order valence-electron chi connectivity index (χ2n) is 4.39. The van der Waals surface area contributed by atoms with Crippen LogP contribution in [0.15, 0.2) is 56.6 Å². The Kier molecular flexibility index (Phi) is 5.58. The van der Waals surface area contributed by atoms with Gasteiger partial charge in [-0.25, -0.2) is 8.42 Å². The van der Waals surface area contributed by atoms with Crippen LogP contribution < -0.4 is 0 Å². The summed E-state index contributed by atoms with van der Waals surface area (Å²) in [7, 11) is -2.07. The fourth-order valence-electron chi connectivity index (χ4n) is 1.86. The lowest BCUT2D eigenvalue weighted by molar-refractivity contribution is 0.177. The monoisotopic (exact) mass is 373 g/mol. The molecule has 5 nitrogen and oxygen atoms in total. The molecule has 0 saturated heterocycles. The Labute approximate surface area is 132 Å². The highest BCUT2D eigenvalue weighted by molar-refractivity contribution is 9.10. The minimum atomic E-state index is -3.62. The molecule has 21 heavy (non-hydrogen) atoms. The first-order valence-electron chi connectivity index (χ1n) is 6.30. The molecule has 0 amide bonds. The third-order valence-electron chi connectivity index (χ3n) is 2.94. The van der Waals surface area contributed by atoms with Gasteiger partial charge in [0.25, 0.3) is 0 Å². The van der Waals surface area contributed by atoms with Crippen LogP contribution in [0, 0.1) is 0 Å². The van der Waals surface area contributed by atoms with Gasteiger partial charge < -0.3 is 9.15 Å². The van der Waals surface area contributed by atoms with Crippen molar-refractivity contribution in [2.24, 2.45) is 0 Å². The number of sulfonamides is 1. The maximum Gasteiger partial charge on any atom is 0.244 e. The lowest BCUT2D eigenvalue weighted by Crippen LogP contribution is -2.33. The van der Waals surface area contributed by atoms with Gasteiger partial charge in [0.1, 0.15) is 0 Å². The highest BCUT2D eigenvalue weighted by Gasteiger charge is 2.26. The molecule has 7 heteroatoms. The number of benzene rings is 1. The maximum atomic E-state index is 12.8. The predicted octanol–water partition coefficient (Wildman–Crippen LogP) is 2.88. The molecule has 0 saturated carbocycles. The summed E-state index contributed by atoms with van der Waals surface area (Å²) in [5, 5.41) is 0. The van der Waals surface area contributed by atoms with E-state index in [-0.39, 0.29) is 18.0 Å². The fraction of sp³-hybridized carbons (Fsp3) is 0.286. The molecule has 0 aliphatic carbocycles. The lowest BCUT2D eigenvalue weighted by atomic mass is 10.3. The fourth-order valence-corrected chi connectivity index (χ4v) is 4.23. The molecule has 0 atom stereocenters. The summed E-state index contributed by atoms with van der Waals surface area (Å²) in [5.74, 6) is 0. The number of methoxy groups -OCH3 is 1. The van der Waals surface area contributed by atoms with E-state index in [0.717, 1.165) is 5.56 Å². The molecule has 1 heterocycles. The lowest BCUT2D eigenvalue weighted by Gasteiger charge is -2.22. The van der Waals surface area contributed by atoms with Gasteiger partial charge in [0.05, 0.1) is 24.0 Å². The van der Waals surface area contributed by atoms with Gasteiger partial charge in [0.2, 0.25) is 10.0 Å². The molecule has 2 aromatic rings. The normalized spacial score (nSPS) is 12.0. The van der Waals surface area contributed by atoms with Crippen molar-refractivity contribution in [3.8, 4) is 0 Å². The molecule has 114 valence electrons. The second kappa shape index (κ2) is 7.22. The average Bonchev–Trinajstić information content (AvgIpc) is 2.96. The molecule has 0 bridgehead atoms. The van der Waals surface area contributed by atoms with Gasteiger partial charge in [-0.05, 0) is 34.1 Å². The molecule has 0 spiro atoms. The van der Waals surface area contributed by atoms with Crippen molar-refractivity contribution in [2.75, 3.05) is 20.3 Å². The van der Waals surface area contributed by atoms with Gasteiger partial charge in [-0.3, -0.25) is 0 Å². The number of hydrogen-bond donors (Lipinski definition) is 0. The summed E-state index contributed by atoms with van der Waals surface area (Å²) in [6.07, 6.45) is 3.06. The number of hydrogen-bond acceptors (Lipinski definition) is 4. The number of rotatable bonds is 7. The number of furan rings is 1. The molecule has 0 fully saturated rings. The van der Waals surface area contributed by atoms with Crippen LogP contribution in [0.4, 0.5) is 0 Å². The molecular weight excluding hydrogens is 358 g/mol. The number of halogens is 1. The Morgan fingerprint density at radius 2 is 2.05 bits per heavy atom. The zero-order valence-corrected chi connectivity index (χ0v) is 13.9. The van der Waals surface area contributed by atoms with Crippen LogP contribution in [0.25, 0.3) is 0 Å². The quantitative estimate of drug-likeness (QED) is 0.748. The van der Waals surface area contributed by atoms with Crippen LogP contribution in [0.3, 0.4) is 0 Å². The Morgan fingerprint density at radius 3 is 2.67 bits per heavy atom. The molecule has 0 aliphatic heterocycles. The Balaban J connectivity index is 2.32. The van der Waals surface area contributed by atoms with Gasteiger partial charge in [0, 0.05) is 30.2 Å². The van der Waals surface area contributed by atoms with E-state index >= 15 is 0 Å². The largest absolute Gasteiger partial charge is 0.472 e. The van der Waals surface area contributed by atoms with Crippen LogP contribution >= 0.6 is 15.9 Å².